The van der Waals surface area contributed by atoms with Crippen LogP contribution in [0.15, 0.2) is 54.6 Å². The second kappa shape index (κ2) is 9.13. The Bertz CT molecular complexity index is 731. The highest BCUT2D eigenvalue weighted by atomic mass is 19.1. The van der Waals surface area contributed by atoms with Crippen molar-refractivity contribution < 1.29 is 14.0 Å². The number of halogens is 1. The maximum Gasteiger partial charge on any atom is 0.251 e. The number of benzene rings is 2. The monoisotopic (exact) mass is 356 g/mol. The molecular weight excluding hydrogens is 331 g/mol. The van der Waals surface area contributed by atoms with Crippen LogP contribution in [0, 0.1) is 11.7 Å². The lowest BCUT2D eigenvalue weighted by atomic mass is 9.97. The van der Waals surface area contributed by atoms with Crippen molar-refractivity contribution in [3.05, 3.63) is 71.5 Å². The van der Waals surface area contributed by atoms with Crippen LogP contribution in [-0.2, 0) is 11.3 Å². The smallest absolute Gasteiger partial charge is 0.251 e. The van der Waals surface area contributed by atoms with Gasteiger partial charge in [0.05, 0.1) is 0 Å². The summed E-state index contributed by atoms with van der Waals surface area (Å²) >= 11 is 0. The zero-order valence-corrected chi connectivity index (χ0v) is 15.4. The molecule has 138 valence electrons. The summed E-state index contributed by atoms with van der Waals surface area (Å²) in [4.78, 5) is 27.0. The zero-order valence-electron chi connectivity index (χ0n) is 15.4. The molecule has 2 amide bonds. The largest absolute Gasteiger partial charge is 0.340 e. The quantitative estimate of drug-likeness (QED) is 0.824. The van der Waals surface area contributed by atoms with Gasteiger partial charge in [0.25, 0.3) is 5.91 Å². The standard InChI is InChI=1S/C21H25FN2O2/c1-4-15(2)19(23-20(25)17-8-6-5-7-9-17)21(26)24(3)14-16-10-12-18(22)13-11-16/h5-13,15,19H,4,14H2,1-3H3,(H,23,25). The highest BCUT2D eigenvalue weighted by molar-refractivity contribution is 5.97. The third kappa shape index (κ3) is 5.15. The lowest BCUT2D eigenvalue weighted by molar-refractivity contribution is -0.133. The van der Waals surface area contributed by atoms with Gasteiger partial charge in [0.1, 0.15) is 11.9 Å². The topological polar surface area (TPSA) is 49.4 Å². The second-order valence-corrected chi connectivity index (χ2v) is 6.52. The Morgan fingerprint density at radius 1 is 1.08 bits per heavy atom. The minimum absolute atomic E-state index is 0.00849. The first-order chi connectivity index (χ1) is 12.4. The van der Waals surface area contributed by atoms with Crippen molar-refractivity contribution >= 4 is 11.8 Å². The van der Waals surface area contributed by atoms with Crippen LogP contribution in [0.3, 0.4) is 0 Å². The molecule has 4 nitrogen and oxygen atoms in total. The number of hydrogen-bond acceptors (Lipinski definition) is 2. The third-order valence-electron chi connectivity index (χ3n) is 4.51. The molecule has 0 fully saturated rings. The minimum Gasteiger partial charge on any atom is -0.340 e. The predicted octanol–water partition coefficient (Wildman–Crippen LogP) is 3.63. The number of carbonyl (C=O) groups excluding carboxylic acids is 2. The van der Waals surface area contributed by atoms with E-state index in [-0.39, 0.29) is 23.5 Å². The van der Waals surface area contributed by atoms with Crippen LogP contribution in [0.25, 0.3) is 0 Å². The van der Waals surface area contributed by atoms with E-state index in [1.807, 2.05) is 19.9 Å². The van der Waals surface area contributed by atoms with Gasteiger partial charge in [0.2, 0.25) is 5.91 Å². The summed E-state index contributed by atoms with van der Waals surface area (Å²) in [5, 5.41) is 2.87. The summed E-state index contributed by atoms with van der Waals surface area (Å²) in [5.74, 6) is -0.742. The number of amides is 2. The summed E-state index contributed by atoms with van der Waals surface area (Å²) in [6.07, 6.45) is 0.760. The summed E-state index contributed by atoms with van der Waals surface area (Å²) in [7, 11) is 1.69. The second-order valence-electron chi connectivity index (χ2n) is 6.52. The van der Waals surface area contributed by atoms with E-state index in [4.69, 9.17) is 0 Å². The summed E-state index contributed by atoms with van der Waals surface area (Å²) in [5.41, 5.74) is 1.36. The van der Waals surface area contributed by atoms with Crippen LogP contribution in [0.5, 0.6) is 0 Å². The predicted molar refractivity (Wildman–Crippen MR) is 100 cm³/mol. The summed E-state index contributed by atoms with van der Waals surface area (Å²) in [6.45, 7) is 4.28. The Balaban J connectivity index is 2.10. The number of nitrogens with one attached hydrogen (secondary N) is 1. The Kier molecular flexibility index (Phi) is 6.89. The third-order valence-corrected chi connectivity index (χ3v) is 4.51. The van der Waals surface area contributed by atoms with Crippen molar-refractivity contribution in [2.45, 2.75) is 32.9 Å². The van der Waals surface area contributed by atoms with Gasteiger partial charge >= 0.3 is 0 Å². The molecule has 26 heavy (non-hydrogen) atoms. The molecular formula is C21H25FN2O2. The average Bonchev–Trinajstić information content (AvgIpc) is 2.67. The van der Waals surface area contributed by atoms with Crippen molar-refractivity contribution in [2.24, 2.45) is 5.92 Å². The van der Waals surface area contributed by atoms with Crippen molar-refractivity contribution in [1.82, 2.24) is 10.2 Å². The Hall–Kier alpha value is -2.69. The van der Waals surface area contributed by atoms with Crippen molar-refractivity contribution in [1.29, 1.82) is 0 Å². The Labute approximate surface area is 154 Å². The highest BCUT2D eigenvalue weighted by Gasteiger charge is 2.28. The van der Waals surface area contributed by atoms with Gasteiger partial charge in [-0.3, -0.25) is 9.59 Å². The molecule has 2 unspecified atom stereocenters. The lowest BCUT2D eigenvalue weighted by Gasteiger charge is -2.28. The van der Waals surface area contributed by atoms with Crippen LogP contribution in [0.2, 0.25) is 0 Å². The first-order valence-electron chi connectivity index (χ1n) is 8.77. The van der Waals surface area contributed by atoms with Crippen molar-refractivity contribution in [3.8, 4) is 0 Å². The first kappa shape index (κ1) is 19.6. The molecule has 2 atom stereocenters. The highest BCUT2D eigenvalue weighted by Crippen LogP contribution is 2.14. The fourth-order valence-electron chi connectivity index (χ4n) is 2.68. The van der Waals surface area contributed by atoms with Crippen LogP contribution >= 0.6 is 0 Å². The van der Waals surface area contributed by atoms with E-state index in [2.05, 4.69) is 5.32 Å². The van der Waals surface area contributed by atoms with Crippen LogP contribution in [0.1, 0.15) is 36.2 Å². The molecule has 0 bridgehead atoms. The summed E-state index contributed by atoms with van der Waals surface area (Å²) in [6, 6.07) is 14.3. The number of carbonyl (C=O) groups is 2. The van der Waals surface area contributed by atoms with Gasteiger partial charge in [-0.2, -0.15) is 0 Å². The SMILES string of the molecule is CCC(C)C(NC(=O)c1ccccc1)C(=O)N(C)Cc1ccc(F)cc1. The minimum atomic E-state index is -0.613. The van der Waals surface area contributed by atoms with E-state index in [1.165, 1.54) is 12.1 Å². The summed E-state index contributed by atoms with van der Waals surface area (Å²) < 4.78 is 13.0. The molecule has 2 aromatic rings. The molecule has 0 radical (unpaired) electrons. The van der Waals surface area contributed by atoms with Gasteiger partial charge < -0.3 is 10.2 Å². The first-order valence-corrected chi connectivity index (χ1v) is 8.77. The molecule has 0 heterocycles. The van der Waals surface area contributed by atoms with E-state index >= 15 is 0 Å². The zero-order chi connectivity index (χ0) is 19.1. The molecule has 1 N–H and O–H groups in total. The number of rotatable bonds is 7. The molecule has 0 aromatic heterocycles. The fraction of sp³-hybridized carbons (Fsp3) is 0.333. The molecule has 0 aliphatic rings. The molecule has 5 heteroatoms. The molecule has 0 aliphatic carbocycles. The van der Waals surface area contributed by atoms with Crippen LogP contribution < -0.4 is 5.32 Å². The van der Waals surface area contributed by atoms with E-state index in [9.17, 15) is 14.0 Å². The van der Waals surface area contributed by atoms with Crippen molar-refractivity contribution in [3.63, 3.8) is 0 Å². The Morgan fingerprint density at radius 2 is 1.69 bits per heavy atom. The van der Waals surface area contributed by atoms with Crippen LogP contribution in [0.4, 0.5) is 4.39 Å². The maximum atomic E-state index is 13.0. The van der Waals surface area contributed by atoms with Gasteiger partial charge in [0.15, 0.2) is 0 Å². The average molecular weight is 356 g/mol. The van der Waals surface area contributed by atoms with Crippen LogP contribution in [-0.4, -0.2) is 29.8 Å². The normalized spacial score (nSPS) is 12.9. The number of hydrogen-bond donors (Lipinski definition) is 1. The molecule has 0 spiro atoms. The number of nitrogens with zero attached hydrogens (tertiary/aromatic N) is 1. The van der Waals surface area contributed by atoms with Gasteiger partial charge in [-0.05, 0) is 35.7 Å². The Morgan fingerprint density at radius 3 is 2.27 bits per heavy atom. The van der Waals surface area contributed by atoms with E-state index in [1.54, 1.807) is 48.3 Å². The van der Waals surface area contributed by atoms with Gasteiger partial charge in [-0.25, -0.2) is 4.39 Å². The maximum absolute atomic E-state index is 13.0. The molecule has 0 saturated carbocycles. The van der Waals surface area contributed by atoms with Crippen molar-refractivity contribution in [2.75, 3.05) is 7.05 Å². The van der Waals surface area contributed by atoms with Gasteiger partial charge in [-0.15, -0.1) is 0 Å². The molecule has 2 aromatic carbocycles. The van der Waals surface area contributed by atoms with Gasteiger partial charge in [-0.1, -0.05) is 50.6 Å². The molecule has 0 saturated heterocycles. The molecule has 2 rings (SSSR count). The van der Waals surface area contributed by atoms with E-state index in [0.717, 1.165) is 12.0 Å². The fourth-order valence-corrected chi connectivity index (χ4v) is 2.68. The van der Waals surface area contributed by atoms with E-state index < -0.39 is 6.04 Å². The van der Waals surface area contributed by atoms with Gasteiger partial charge in [0, 0.05) is 19.2 Å². The van der Waals surface area contributed by atoms with E-state index in [0.29, 0.717) is 12.1 Å². The lowest BCUT2D eigenvalue weighted by Crippen LogP contribution is -2.50. The molecule has 0 aliphatic heterocycles. The number of likely N-dealkylation sites (N-methyl/N-ethyl adjacent to an activating group) is 1.